The molecule has 3 N–H and O–H groups in total. The summed E-state index contributed by atoms with van der Waals surface area (Å²) in [6, 6.07) is 0. The zero-order chi connectivity index (χ0) is 11.1. The predicted octanol–water partition coefficient (Wildman–Crippen LogP) is -0.691. The molecule has 0 spiro atoms. The summed E-state index contributed by atoms with van der Waals surface area (Å²) in [6.45, 7) is 2.97. The molecule has 0 aromatic carbocycles. The van der Waals surface area contributed by atoms with Crippen LogP contribution in [0.15, 0.2) is 0 Å². The third kappa shape index (κ3) is 4.44. The van der Waals surface area contributed by atoms with Crippen LogP contribution in [0.4, 0.5) is 0 Å². The van der Waals surface area contributed by atoms with Crippen LogP contribution in [0, 0.1) is 0 Å². The van der Waals surface area contributed by atoms with Gasteiger partial charge in [0, 0.05) is 27.3 Å². The molecule has 5 nitrogen and oxygen atoms in total. The lowest BCUT2D eigenvalue weighted by atomic mass is 9.92. The molecule has 0 radical (unpaired) electrons. The molecule has 0 unspecified atom stereocenters. The Kier molecular flexibility index (Phi) is 5.49. The van der Waals surface area contributed by atoms with Crippen LogP contribution in [0.3, 0.4) is 0 Å². The second kappa shape index (κ2) is 6.40. The number of rotatable bonds is 6. The third-order valence-electron chi connectivity index (χ3n) is 2.83. The van der Waals surface area contributed by atoms with Crippen molar-refractivity contribution in [2.75, 3.05) is 40.4 Å². The fourth-order valence-electron chi connectivity index (χ4n) is 1.75. The summed E-state index contributed by atoms with van der Waals surface area (Å²) in [6.07, 6.45) is 1.35. The Balaban J connectivity index is 2.17. The van der Waals surface area contributed by atoms with Crippen molar-refractivity contribution in [3.8, 4) is 0 Å². The number of methoxy groups -OCH3 is 2. The molecule has 1 saturated heterocycles. The van der Waals surface area contributed by atoms with Crippen molar-refractivity contribution < 1.29 is 14.6 Å². The molecular formula is C10H22N2O3. The Morgan fingerprint density at radius 1 is 1.33 bits per heavy atom. The molecule has 0 amide bonds. The summed E-state index contributed by atoms with van der Waals surface area (Å²) >= 11 is 0. The molecule has 0 bridgehead atoms. The molecule has 0 aliphatic carbocycles. The second-order valence-electron chi connectivity index (χ2n) is 4.01. The second-order valence-corrected chi connectivity index (χ2v) is 4.01. The largest absolute Gasteiger partial charge is 0.388 e. The number of piperidine rings is 1. The van der Waals surface area contributed by atoms with E-state index in [0.29, 0.717) is 13.1 Å². The molecule has 5 heteroatoms. The van der Waals surface area contributed by atoms with Crippen LogP contribution in [-0.4, -0.2) is 57.4 Å². The summed E-state index contributed by atoms with van der Waals surface area (Å²) in [7, 11) is 3.21. The normalized spacial score (nSPS) is 20.8. The fourth-order valence-corrected chi connectivity index (χ4v) is 1.75. The van der Waals surface area contributed by atoms with Gasteiger partial charge >= 0.3 is 0 Å². The van der Waals surface area contributed by atoms with Crippen molar-refractivity contribution in [1.82, 2.24) is 10.6 Å². The number of hydrogen-bond acceptors (Lipinski definition) is 5. The van der Waals surface area contributed by atoms with Gasteiger partial charge in [0.15, 0.2) is 6.29 Å². The third-order valence-corrected chi connectivity index (χ3v) is 2.83. The first-order chi connectivity index (χ1) is 7.20. The lowest BCUT2D eigenvalue weighted by Crippen LogP contribution is -2.49. The van der Waals surface area contributed by atoms with Crippen molar-refractivity contribution in [3.63, 3.8) is 0 Å². The van der Waals surface area contributed by atoms with E-state index in [-0.39, 0.29) is 6.29 Å². The molecule has 1 rings (SSSR count). The first-order valence-corrected chi connectivity index (χ1v) is 5.39. The van der Waals surface area contributed by atoms with E-state index in [1.165, 1.54) is 0 Å². The van der Waals surface area contributed by atoms with Crippen molar-refractivity contribution in [2.45, 2.75) is 24.7 Å². The van der Waals surface area contributed by atoms with Crippen LogP contribution in [0.1, 0.15) is 12.8 Å². The average Bonchev–Trinajstić information content (AvgIpc) is 2.25. The van der Waals surface area contributed by atoms with Gasteiger partial charge in [0.25, 0.3) is 0 Å². The van der Waals surface area contributed by atoms with Crippen molar-refractivity contribution >= 4 is 0 Å². The van der Waals surface area contributed by atoms with Gasteiger partial charge in [-0.05, 0) is 25.9 Å². The van der Waals surface area contributed by atoms with Gasteiger partial charge in [0.1, 0.15) is 0 Å². The number of aliphatic hydroxyl groups is 1. The zero-order valence-electron chi connectivity index (χ0n) is 9.58. The van der Waals surface area contributed by atoms with E-state index in [9.17, 15) is 5.11 Å². The highest BCUT2D eigenvalue weighted by Gasteiger charge is 2.28. The number of ether oxygens (including phenoxy) is 2. The highest BCUT2D eigenvalue weighted by molar-refractivity contribution is 4.86. The van der Waals surface area contributed by atoms with Gasteiger partial charge in [-0.15, -0.1) is 0 Å². The Bertz CT molecular complexity index is 168. The summed E-state index contributed by atoms with van der Waals surface area (Å²) in [5.41, 5.74) is -0.572. The maximum absolute atomic E-state index is 10.1. The molecule has 1 aliphatic rings. The van der Waals surface area contributed by atoms with E-state index in [4.69, 9.17) is 9.47 Å². The maximum atomic E-state index is 10.1. The van der Waals surface area contributed by atoms with Crippen LogP contribution in [0.5, 0.6) is 0 Å². The minimum Gasteiger partial charge on any atom is -0.388 e. The number of nitrogens with one attached hydrogen (secondary N) is 2. The summed E-state index contributed by atoms with van der Waals surface area (Å²) in [5, 5.41) is 16.5. The Hall–Kier alpha value is -0.200. The highest BCUT2D eigenvalue weighted by Crippen LogP contribution is 2.16. The highest BCUT2D eigenvalue weighted by atomic mass is 16.7. The van der Waals surface area contributed by atoms with Crippen molar-refractivity contribution in [2.24, 2.45) is 0 Å². The van der Waals surface area contributed by atoms with Gasteiger partial charge in [-0.25, -0.2) is 0 Å². The van der Waals surface area contributed by atoms with Crippen LogP contribution in [0.25, 0.3) is 0 Å². The minimum atomic E-state index is -0.572. The van der Waals surface area contributed by atoms with E-state index in [0.717, 1.165) is 25.9 Å². The zero-order valence-corrected chi connectivity index (χ0v) is 9.58. The van der Waals surface area contributed by atoms with Crippen LogP contribution >= 0.6 is 0 Å². The first-order valence-electron chi connectivity index (χ1n) is 5.39. The smallest absolute Gasteiger partial charge is 0.169 e. The van der Waals surface area contributed by atoms with Gasteiger partial charge in [-0.1, -0.05) is 0 Å². The van der Waals surface area contributed by atoms with Crippen LogP contribution in [-0.2, 0) is 9.47 Å². The maximum Gasteiger partial charge on any atom is 0.169 e. The molecule has 0 aromatic rings. The van der Waals surface area contributed by atoms with Crippen molar-refractivity contribution in [1.29, 1.82) is 0 Å². The predicted molar refractivity (Wildman–Crippen MR) is 57.7 cm³/mol. The Morgan fingerprint density at radius 2 is 1.93 bits per heavy atom. The average molecular weight is 218 g/mol. The van der Waals surface area contributed by atoms with Gasteiger partial charge in [0.05, 0.1) is 5.60 Å². The van der Waals surface area contributed by atoms with E-state index >= 15 is 0 Å². The number of hydrogen-bond donors (Lipinski definition) is 3. The topological polar surface area (TPSA) is 62.8 Å². The molecular weight excluding hydrogens is 196 g/mol. The molecule has 0 saturated carbocycles. The molecule has 90 valence electrons. The standard InChI is InChI=1S/C10H22N2O3/c1-14-9(15-2)7-12-8-10(13)3-5-11-6-4-10/h9,11-13H,3-8H2,1-2H3. The fraction of sp³-hybridized carbons (Fsp3) is 1.00. The molecule has 15 heavy (non-hydrogen) atoms. The molecule has 1 fully saturated rings. The van der Waals surface area contributed by atoms with E-state index in [1.807, 2.05) is 0 Å². The quantitative estimate of drug-likeness (QED) is 0.515. The van der Waals surface area contributed by atoms with Crippen LogP contribution < -0.4 is 10.6 Å². The van der Waals surface area contributed by atoms with Gasteiger partial charge < -0.3 is 25.2 Å². The Labute approximate surface area is 91.1 Å². The molecule has 0 atom stereocenters. The lowest BCUT2D eigenvalue weighted by Gasteiger charge is -2.33. The van der Waals surface area contributed by atoms with Crippen molar-refractivity contribution in [3.05, 3.63) is 0 Å². The van der Waals surface area contributed by atoms with Gasteiger partial charge in [-0.2, -0.15) is 0 Å². The first kappa shape index (κ1) is 12.9. The molecule has 0 aromatic heterocycles. The summed E-state index contributed by atoms with van der Waals surface area (Å²) < 4.78 is 10.1. The van der Waals surface area contributed by atoms with Gasteiger partial charge in [-0.3, -0.25) is 0 Å². The minimum absolute atomic E-state index is 0.240. The molecule has 1 aliphatic heterocycles. The van der Waals surface area contributed by atoms with E-state index < -0.39 is 5.60 Å². The SMILES string of the molecule is COC(CNCC1(O)CCNCC1)OC. The molecule has 1 heterocycles. The summed E-state index contributed by atoms with van der Waals surface area (Å²) in [5.74, 6) is 0. The Morgan fingerprint density at radius 3 is 2.47 bits per heavy atom. The van der Waals surface area contributed by atoms with E-state index in [2.05, 4.69) is 10.6 Å². The van der Waals surface area contributed by atoms with Gasteiger partial charge in [0.2, 0.25) is 0 Å². The van der Waals surface area contributed by atoms with Crippen LogP contribution in [0.2, 0.25) is 0 Å². The summed E-state index contributed by atoms with van der Waals surface area (Å²) in [4.78, 5) is 0. The van der Waals surface area contributed by atoms with E-state index in [1.54, 1.807) is 14.2 Å². The monoisotopic (exact) mass is 218 g/mol. The lowest BCUT2D eigenvalue weighted by molar-refractivity contribution is -0.101.